The van der Waals surface area contributed by atoms with E-state index >= 15 is 0 Å². The second-order valence-electron chi connectivity index (χ2n) is 5.73. The van der Waals surface area contributed by atoms with Gasteiger partial charge in [-0.2, -0.15) is 5.10 Å². The summed E-state index contributed by atoms with van der Waals surface area (Å²) in [5.41, 5.74) is 4.74. The minimum Gasteiger partial charge on any atom is -0.545 e. The minimum atomic E-state index is -1.27. The predicted molar refractivity (Wildman–Crippen MR) is 104 cm³/mol. The monoisotopic (exact) mass is 376 g/mol. The largest absolute Gasteiger partial charge is 0.545 e. The van der Waals surface area contributed by atoms with Crippen molar-refractivity contribution in [2.75, 3.05) is 12.5 Å². The summed E-state index contributed by atoms with van der Waals surface area (Å²) in [6.45, 7) is 0.281. The van der Waals surface area contributed by atoms with Crippen LogP contribution in [-0.4, -0.2) is 24.3 Å². The number of aromatic carboxylic acids is 1. The fourth-order valence-electron chi connectivity index (χ4n) is 2.51. The summed E-state index contributed by atoms with van der Waals surface area (Å²) < 4.78 is 11.1. The van der Waals surface area contributed by atoms with E-state index in [1.807, 2.05) is 30.3 Å². The van der Waals surface area contributed by atoms with Crippen molar-refractivity contribution in [3.05, 3.63) is 83.6 Å². The first-order valence-corrected chi connectivity index (χ1v) is 8.47. The lowest BCUT2D eigenvalue weighted by atomic mass is 10.1. The van der Waals surface area contributed by atoms with Gasteiger partial charge < -0.3 is 19.4 Å². The number of nitrogens with one attached hydrogen (secondary N) is 1. The number of aromatic nitrogens is 1. The van der Waals surface area contributed by atoms with E-state index in [-0.39, 0.29) is 12.2 Å². The van der Waals surface area contributed by atoms with Gasteiger partial charge >= 0.3 is 0 Å². The smallest absolute Gasteiger partial charge is 0.213 e. The van der Waals surface area contributed by atoms with Crippen LogP contribution < -0.4 is 20.0 Å². The highest BCUT2D eigenvalue weighted by Gasteiger charge is 2.06. The van der Waals surface area contributed by atoms with Crippen molar-refractivity contribution in [2.45, 2.75) is 6.61 Å². The van der Waals surface area contributed by atoms with E-state index in [1.165, 1.54) is 6.07 Å². The summed E-state index contributed by atoms with van der Waals surface area (Å²) in [6, 6.07) is 17.4. The summed E-state index contributed by atoms with van der Waals surface area (Å²) in [5.74, 6) is -0.0655. The molecule has 0 unspecified atom stereocenters. The fraction of sp³-hybridized carbons (Fsp3) is 0.0952. The number of methoxy groups -OCH3 is 1. The first-order valence-electron chi connectivity index (χ1n) is 8.47. The van der Waals surface area contributed by atoms with Crippen molar-refractivity contribution in [3.63, 3.8) is 0 Å². The van der Waals surface area contributed by atoms with Crippen molar-refractivity contribution >= 4 is 17.9 Å². The quantitative estimate of drug-likeness (QED) is 0.479. The number of rotatable bonds is 8. The van der Waals surface area contributed by atoms with Gasteiger partial charge in [0.15, 0.2) is 0 Å². The molecule has 1 N–H and O–H groups in total. The fourth-order valence-corrected chi connectivity index (χ4v) is 2.51. The molecule has 0 aliphatic rings. The molecule has 0 saturated carbocycles. The normalized spacial score (nSPS) is 10.6. The summed E-state index contributed by atoms with van der Waals surface area (Å²) >= 11 is 0. The lowest BCUT2D eigenvalue weighted by molar-refractivity contribution is -0.254. The zero-order chi connectivity index (χ0) is 19.8. The molecule has 7 heteroatoms. The predicted octanol–water partition coefficient (Wildman–Crippen LogP) is 2.48. The van der Waals surface area contributed by atoms with Gasteiger partial charge in [0.25, 0.3) is 0 Å². The average Bonchev–Trinajstić information content (AvgIpc) is 2.73. The third kappa shape index (κ3) is 4.85. The van der Waals surface area contributed by atoms with Gasteiger partial charge in [0, 0.05) is 23.4 Å². The number of pyridine rings is 1. The number of ether oxygens (including phenoxy) is 2. The third-order valence-electron chi connectivity index (χ3n) is 3.86. The highest BCUT2D eigenvalue weighted by atomic mass is 16.5. The van der Waals surface area contributed by atoms with Gasteiger partial charge in [0.05, 0.1) is 25.0 Å². The summed E-state index contributed by atoms with van der Waals surface area (Å²) in [7, 11) is 1.59. The van der Waals surface area contributed by atoms with Gasteiger partial charge in [-0.1, -0.05) is 24.3 Å². The molecule has 7 nitrogen and oxygen atoms in total. The molecule has 3 rings (SSSR count). The number of carbonyl (C=O) groups excluding carboxylic acids is 1. The highest BCUT2D eigenvalue weighted by Crippen LogP contribution is 2.21. The van der Waals surface area contributed by atoms with E-state index in [0.29, 0.717) is 17.3 Å². The van der Waals surface area contributed by atoms with Crippen LogP contribution in [0.4, 0.5) is 5.69 Å². The van der Waals surface area contributed by atoms with Crippen LogP contribution in [0.1, 0.15) is 21.5 Å². The SMILES string of the molecule is COc1ccc(/C=N\Nc2ccccc2C(=O)[O-])cc1COc1ccccn1. The molecule has 0 aliphatic carbocycles. The maximum atomic E-state index is 11.1. The average molecular weight is 376 g/mol. The van der Waals surface area contributed by atoms with Crippen molar-refractivity contribution in [1.29, 1.82) is 0 Å². The second-order valence-corrected chi connectivity index (χ2v) is 5.73. The molecular formula is C21H18N3O4-. The molecule has 3 aromatic rings. The van der Waals surface area contributed by atoms with E-state index < -0.39 is 5.97 Å². The molecule has 0 radical (unpaired) electrons. The molecule has 142 valence electrons. The van der Waals surface area contributed by atoms with Crippen LogP contribution in [-0.2, 0) is 6.61 Å². The van der Waals surface area contributed by atoms with Gasteiger partial charge in [-0.3, -0.25) is 5.43 Å². The number of nitrogens with zero attached hydrogens (tertiary/aromatic N) is 2. The van der Waals surface area contributed by atoms with E-state index in [0.717, 1.165) is 11.1 Å². The molecule has 0 atom stereocenters. The number of hydrazone groups is 1. The first-order chi connectivity index (χ1) is 13.7. The van der Waals surface area contributed by atoms with Gasteiger partial charge in [0.2, 0.25) is 5.88 Å². The third-order valence-corrected chi connectivity index (χ3v) is 3.86. The Morgan fingerprint density at radius 3 is 2.75 bits per heavy atom. The minimum absolute atomic E-state index is 0.0406. The Hall–Kier alpha value is -3.87. The van der Waals surface area contributed by atoms with E-state index in [2.05, 4.69) is 15.5 Å². The molecular weight excluding hydrogens is 358 g/mol. The van der Waals surface area contributed by atoms with Gasteiger partial charge in [0.1, 0.15) is 12.4 Å². The molecule has 0 aliphatic heterocycles. The number of hydrogen-bond donors (Lipinski definition) is 1. The van der Waals surface area contributed by atoms with Crippen LogP contribution >= 0.6 is 0 Å². The Balaban J connectivity index is 1.72. The standard InChI is InChI=1S/C21H19N3O4/c1-27-19-10-9-15(12-16(19)14-28-20-8-4-5-11-22-20)13-23-24-18-7-3-2-6-17(18)21(25)26/h2-13,24H,14H2,1H3,(H,25,26)/p-1/b23-13-. The van der Waals surface area contributed by atoms with Crippen molar-refractivity contribution < 1.29 is 19.4 Å². The Labute approximate surface area is 162 Å². The highest BCUT2D eigenvalue weighted by molar-refractivity contribution is 5.93. The molecule has 1 aromatic heterocycles. The molecule has 0 saturated heterocycles. The van der Waals surface area contributed by atoms with E-state index in [1.54, 1.807) is 43.8 Å². The Morgan fingerprint density at radius 1 is 1.18 bits per heavy atom. The van der Waals surface area contributed by atoms with Crippen LogP contribution in [0.15, 0.2) is 72.0 Å². The number of benzene rings is 2. The van der Waals surface area contributed by atoms with Crippen LogP contribution in [0.2, 0.25) is 0 Å². The zero-order valence-electron chi connectivity index (χ0n) is 15.2. The topological polar surface area (TPSA) is 95.9 Å². The Bertz CT molecular complexity index is 974. The number of carboxylic acid groups (broad SMARTS) is 1. The van der Waals surface area contributed by atoms with Crippen molar-refractivity contribution in [2.24, 2.45) is 5.10 Å². The maximum absolute atomic E-state index is 11.1. The lowest BCUT2D eigenvalue weighted by Gasteiger charge is -2.11. The lowest BCUT2D eigenvalue weighted by Crippen LogP contribution is -2.23. The van der Waals surface area contributed by atoms with E-state index in [9.17, 15) is 9.90 Å². The van der Waals surface area contributed by atoms with Gasteiger partial charge in [-0.05, 0) is 35.9 Å². The molecule has 0 bridgehead atoms. The summed E-state index contributed by atoms with van der Waals surface area (Å²) in [6.07, 6.45) is 3.24. The number of anilines is 1. The second kappa shape index (κ2) is 9.18. The van der Waals surface area contributed by atoms with Crippen LogP contribution in [0.5, 0.6) is 11.6 Å². The van der Waals surface area contributed by atoms with Crippen molar-refractivity contribution in [3.8, 4) is 11.6 Å². The number of carboxylic acids is 1. The Morgan fingerprint density at radius 2 is 2.00 bits per heavy atom. The molecule has 1 heterocycles. The number of para-hydroxylation sites is 1. The van der Waals surface area contributed by atoms with E-state index in [4.69, 9.17) is 9.47 Å². The van der Waals surface area contributed by atoms with Crippen LogP contribution in [0.25, 0.3) is 0 Å². The van der Waals surface area contributed by atoms with Gasteiger partial charge in [-0.15, -0.1) is 0 Å². The van der Waals surface area contributed by atoms with Gasteiger partial charge in [-0.25, -0.2) is 4.98 Å². The first kappa shape index (κ1) is 18.9. The van der Waals surface area contributed by atoms with Crippen LogP contribution in [0, 0.1) is 0 Å². The molecule has 2 aromatic carbocycles. The van der Waals surface area contributed by atoms with Crippen LogP contribution in [0.3, 0.4) is 0 Å². The summed E-state index contributed by atoms with van der Waals surface area (Å²) in [4.78, 5) is 15.2. The molecule has 28 heavy (non-hydrogen) atoms. The number of carbonyl (C=O) groups is 1. The maximum Gasteiger partial charge on any atom is 0.213 e. The molecule has 0 spiro atoms. The summed E-state index contributed by atoms with van der Waals surface area (Å²) in [5, 5.41) is 15.2. The molecule has 0 amide bonds. The van der Waals surface area contributed by atoms with Crippen molar-refractivity contribution in [1.82, 2.24) is 4.98 Å². The number of hydrogen-bond acceptors (Lipinski definition) is 7. The Kier molecular flexibility index (Phi) is 6.20. The zero-order valence-corrected chi connectivity index (χ0v) is 15.2. The molecule has 0 fully saturated rings.